The molecule has 6 nitrogen and oxygen atoms in total. The van der Waals surface area contributed by atoms with Crippen molar-refractivity contribution in [2.24, 2.45) is 0 Å². The quantitative estimate of drug-likeness (QED) is 0.650. The molecule has 2 N–H and O–H groups in total. The van der Waals surface area contributed by atoms with E-state index in [1.54, 1.807) is 4.90 Å². The van der Waals surface area contributed by atoms with Crippen LogP contribution in [-0.2, 0) is 0 Å². The molecule has 0 unspecified atom stereocenters. The number of hydrogen-bond donors (Lipinski definition) is 2. The van der Waals surface area contributed by atoms with Gasteiger partial charge in [-0.2, -0.15) is 0 Å². The molecule has 1 heterocycles. The topological polar surface area (TPSA) is 86.3 Å². The number of rotatable bonds is 10. The van der Waals surface area contributed by atoms with Crippen LogP contribution in [0.15, 0.2) is 6.33 Å². The Kier molecular flexibility index (Phi) is 7.50. The van der Waals surface area contributed by atoms with Crippen molar-refractivity contribution in [1.82, 2.24) is 14.9 Å². The van der Waals surface area contributed by atoms with Gasteiger partial charge in [-0.15, -0.1) is 0 Å². The summed E-state index contributed by atoms with van der Waals surface area (Å²) in [5.74, 6) is -1.45. The van der Waals surface area contributed by atoms with E-state index in [0.717, 1.165) is 38.5 Å². The highest BCUT2D eigenvalue weighted by atomic mass is 16.4. The van der Waals surface area contributed by atoms with Crippen LogP contribution in [0.5, 0.6) is 0 Å². The van der Waals surface area contributed by atoms with Crippen molar-refractivity contribution in [2.45, 2.75) is 52.4 Å². The fraction of sp³-hybridized carbons (Fsp3) is 0.667. The molecular formula is C15H25N3O3. The van der Waals surface area contributed by atoms with Gasteiger partial charge in [-0.3, -0.25) is 4.79 Å². The standard InChI is InChI=1S/C15H25N3O3/c1-3-5-7-9-18(10-8-6-4-2)14(19)12-13(15(20)21)17-11-16-12/h11H,3-10H2,1-2H3,(H,16,17)(H,20,21). The van der Waals surface area contributed by atoms with Gasteiger partial charge in [0, 0.05) is 13.1 Å². The number of carbonyl (C=O) groups excluding carboxylic acids is 1. The molecule has 0 atom stereocenters. The summed E-state index contributed by atoms with van der Waals surface area (Å²) in [6, 6.07) is 0. The predicted molar refractivity (Wildman–Crippen MR) is 80.5 cm³/mol. The maximum atomic E-state index is 12.5. The summed E-state index contributed by atoms with van der Waals surface area (Å²) in [5.41, 5.74) is -0.119. The van der Waals surface area contributed by atoms with Crippen LogP contribution in [0, 0.1) is 0 Å². The lowest BCUT2D eigenvalue weighted by Gasteiger charge is -2.22. The Morgan fingerprint density at radius 3 is 2.19 bits per heavy atom. The third kappa shape index (κ3) is 5.21. The van der Waals surface area contributed by atoms with Gasteiger partial charge in [0.2, 0.25) is 0 Å². The summed E-state index contributed by atoms with van der Waals surface area (Å²) >= 11 is 0. The lowest BCUT2D eigenvalue weighted by molar-refractivity contribution is 0.0667. The number of aromatic carboxylic acids is 1. The Bertz CT molecular complexity index is 447. The molecule has 1 amide bonds. The monoisotopic (exact) mass is 295 g/mol. The Morgan fingerprint density at radius 1 is 1.14 bits per heavy atom. The number of aromatic amines is 1. The van der Waals surface area contributed by atoms with Crippen LogP contribution in [0.1, 0.15) is 73.3 Å². The van der Waals surface area contributed by atoms with Crippen LogP contribution in [-0.4, -0.2) is 44.9 Å². The number of nitrogens with zero attached hydrogens (tertiary/aromatic N) is 2. The van der Waals surface area contributed by atoms with E-state index in [-0.39, 0.29) is 17.3 Å². The van der Waals surface area contributed by atoms with Crippen LogP contribution in [0.25, 0.3) is 0 Å². The Labute approximate surface area is 125 Å². The van der Waals surface area contributed by atoms with E-state index in [9.17, 15) is 9.59 Å². The predicted octanol–water partition coefficient (Wildman–Crippen LogP) is 2.93. The van der Waals surface area contributed by atoms with Crippen LogP contribution in [0.2, 0.25) is 0 Å². The Balaban J connectivity index is 2.76. The average molecular weight is 295 g/mol. The van der Waals surface area contributed by atoms with Crippen molar-refractivity contribution >= 4 is 11.9 Å². The summed E-state index contributed by atoms with van der Waals surface area (Å²) in [6.07, 6.45) is 7.41. The van der Waals surface area contributed by atoms with Crippen molar-refractivity contribution in [3.63, 3.8) is 0 Å². The molecule has 0 radical (unpaired) electrons. The number of hydrogen-bond acceptors (Lipinski definition) is 3. The van der Waals surface area contributed by atoms with Gasteiger partial charge in [-0.25, -0.2) is 9.78 Å². The average Bonchev–Trinajstić information content (AvgIpc) is 2.95. The number of nitrogens with one attached hydrogen (secondary N) is 1. The molecule has 118 valence electrons. The first-order chi connectivity index (χ1) is 10.1. The molecule has 0 bridgehead atoms. The molecule has 0 aromatic carbocycles. The molecule has 0 saturated heterocycles. The second-order valence-electron chi connectivity index (χ2n) is 5.14. The van der Waals surface area contributed by atoms with Crippen LogP contribution in [0.3, 0.4) is 0 Å². The fourth-order valence-corrected chi connectivity index (χ4v) is 2.19. The smallest absolute Gasteiger partial charge is 0.354 e. The Hall–Kier alpha value is -1.85. The number of aromatic nitrogens is 2. The molecule has 1 aromatic heterocycles. The first kappa shape index (κ1) is 17.2. The largest absolute Gasteiger partial charge is 0.477 e. The third-order valence-corrected chi connectivity index (χ3v) is 3.41. The van der Waals surface area contributed by atoms with E-state index in [0.29, 0.717) is 13.1 Å². The SMILES string of the molecule is CCCCCN(CCCCC)C(=O)c1nc[nH]c1C(=O)O. The number of H-pyrrole nitrogens is 1. The number of amides is 1. The number of carboxylic acid groups (broad SMARTS) is 1. The zero-order valence-corrected chi connectivity index (χ0v) is 12.9. The van der Waals surface area contributed by atoms with E-state index in [4.69, 9.17) is 5.11 Å². The summed E-state index contributed by atoms with van der Waals surface area (Å²) in [7, 11) is 0. The van der Waals surface area contributed by atoms with Crippen LogP contribution in [0.4, 0.5) is 0 Å². The molecule has 21 heavy (non-hydrogen) atoms. The van der Waals surface area contributed by atoms with Gasteiger partial charge in [-0.1, -0.05) is 39.5 Å². The van der Waals surface area contributed by atoms with Crippen molar-refractivity contribution in [3.8, 4) is 0 Å². The minimum atomic E-state index is -1.15. The molecular weight excluding hydrogens is 270 g/mol. The minimum Gasteiger partial charge on any atom is -0.477 e. The second kappa shape index (κ2) is 9.15. The van der Waals surface area contributed by atoms with Gasteiger partial charge in [0.05, 0.1) is 6.33 Å². The van der Waals surface area contributed by atoms with E-state index in [2.05, 4.69) is 23.8 Å². The zero-order valence-electron chi connectivity index (χ0n) is 12.9. The second-order valence-corrected chi connectivity index (χ2v) is 5.14. The molecule has 0 aliphatic heterocycles. The molecule has 1 rings (SSSR count). The van der Waals surface area contributed by atoms with E-state index >= 15 is 0 Å². The van der Waals surface area contributed by atoms with E-state index < -0.39 is 5.97 Å². The molecule has 0 aliphatic rings. The van der Waals surface area contributed by atoms with E-state index in [1.807, 2.05) is 0 Å². The first-order valence-electron chi connectivity index (χ1n) is 7.67. The summed E-state index contributed by atoms with van der Waals surface area (Å²) in [6.45, 7) is 5.53. The Morgan fingerprint density at radius 2 is 1.71 bits per heavy atom. The molecule has 0 spiro atoms. The van der Waals surface area contributed by atoms with Gasteiger partial charge in [0.15, 0.2) is 11.4 Å². The lowest BCUT2D eigenvalue weighted by Crippen LogP contribution is -2.34. The molecule has 6 heteroatoms. The van der Waals surface area contributed by atoms with Crippen molar-refractivity contribution < 1.29 is 14.7 Å². The van der Waals surface area contributed by atoms with Crippen molar-refractivity contribution in [1.29, 1.82) is 0 Å². The number of carbonyl (C=O) groups is 2. The summed E-state index contributed by atoms with van der Waals surface area (Å²) in [4.78, 5) is 31.7. The molecule has 0 saturated carbocycles. The maximum Gasteiger partial charge on any atom is 0.354 e. The normalized spacial score (nSPS) is 10.6. The maximum absolute atomic E-state index is 12.5. The van der Waals surface area contributed by atoms with Crippen LogP contribution >= 0.6 is 0 Å². The highest BCUT2D eigenvalue weighted by molar-refractivity contribution is 6.02. The van der Waals surface area contributed by atoms with Gasteiger partial charge < -0.3 is 15.0 Å². The number of carboxylic acids is 1. The minimum absolute atomic E-state index is 0.00972. The zero-order chi connectivity index (χ0) is 15.7. The first-order valence-corrected chi connectivity index (χ1v) is 7.67. The number of unbranched alkanes of at least 4 members (excludes halogenated alkanes) is 4. The fourth-order valence-electron chi connectivity index (χ4n) is 2.19. The lowest BCUT2D eigenvalue weighted by atomic mass is 10.2. The highest BCUT2D eigenvalue weighted by Gasteiger charge is 2.24. The van der Waals surface area contributed by atoms with E-state index in [1.165, 1.54) is 6.33 Å². The molecule has 1 aromatic rings. The van der Waals surface area contributed by atoms with Gasteiger partial charge >= 0.3 is 5.97 Å². The number of imidazole rings is 1. The van der Waals surface area contributed by atoms with Gasteiger partial charge in [0.25, 0.3) is 5.91 Å². The van der Waals surface area contributed by atoms with Gasteiger partial charge in [0.1, 0.15) is 0 Å². The van der Waals surface area contributed by atoms with Crippen molar-refractivity contribution in [2.75, 3.05) is 13.1 Å². The summed E-state index contributed by atoms with van der Waals surface area (Å²) < 4.78 is 0. The highest BCUT2D eigenvalue weighted by Crippen LogP contribution is 2.11. The summed E-state index contributed by atoms with van der Waals surface area (Å²) in [5, 5.41) is 9.07. The van der Waals surface area contributed by atoms with Crippen LogP contribution < -0.4 is 0 Å². The van der Waals surface area contributed by atoms with Gasteiger partial charge in [-0.05, 0) is 12.8 Å². The molecule has 0 fully saturated rings. The molecule has 0 aliphatic carbocycles. The van der Waals surface area contributed by atoms with Crippen molar-refractivity contribution in [3.05, 3.63) is 17.7 Å². The third-order valence-electron chi connectivity index (χ3n) is 3.41.